The third-order valence-electron chi connectivity index (χ3n) is 5.10. The topological polar surface area (TPSA) is 76.2 Å². The van der Waals surface area contributed by atoms with Crippen LogP contribution in [0.2, 0.25) is 0 Å². The number of piperidine rings is 1. The van der Waals surface area contributed by atoms with E-state index < -0.39 is 12.1 Å². The van der Waals surface area contributed by atoms with E-state index in [1.54, 1.807) is 24.0 Å². The molecular formula is C20H26N2O5. The number of amides is 2. The van der Waals surface area contributed by atoms with Crippen LogP contribution in [0.3, 0.4) is 0 Å². The number of likely N-dealkylation sites (tertiary alicyclic amines) is 1. The van der Waals surface area contributed by atoms with Crippen LogP contribution >= 0.6 is 0 Å². The van der Waals surface area contributed by atoms with Gasteiger partial charge in [-0.05, 0) is 37.8 Å². The minimum atomic E-state index is -0.807. The number of hydrogen-bond acceptors (Lipinski definition) is 5. The van der Waals surface area contributed by atoms with Gasteiger partial charge in [-0.25, -0.2) is 0 Å². The van der Waals surface area contributed by atoms with Crippen LogP contribution in [0.4, 0.5) is 5.69 Å². The molecule has 0 aliphatic carbocycles. The van der Waals surface area contributed by atoms with Gasteiger partial charge in [-0.15, -0.1) is 0 Å². The number of hydrogen-bond donors (Lipinski definition) is 0. The lowest BCUT2D eigenvalue weighted by atomic mass is 9.99. The highest BCUT2D eigenvalue weighted by Gasteiger charge is 2.28. The van der Waals surface area contributed by atoms with E-state index in [2.05, 4.69) is 6.92 Å². The van der Waals surface area contributed by atoms with Gasteiger partial charge in [0.05, 0.1) is 12.1 Å². The largest absolute Gasteiger partial charge is 0.482 e. The van der Waals surface area contributed by atoms with E-state index in [0.717, 1.165) is 12.8 Å². The molecule has 0 spiro atoms. The van der Waals surface area contributed by atoms with Gasteiger partial charge in [0.15, 0.2) is 12.7 Å². The van der Waals surface area contributed by atoms with E-state index in [1.165, 1.54) is 4.90 Å². The van der Waals surface area contributed by atoms with Gasteiger partial charge in [0.2, 0.25) is 0 Å². The maximum Gasteiger partial charge on any atom is 0.308 e. The highest BCUT2D eigenvalue weighted by atomic mass is 16.5. The summed E-state index contributed by atoms with van der Waals surface area (Å²) in [6.45, 7) is 5.35. The molecule has 0 saturated carbocycles. The zero-order valence-electron chi connectivity index (χ0n) is 15.8. The standard InChI is InChI=1S/C20H26N2O5/c1-14-7-10-21(11-8-14)20(25)15(2)27-19(24)9-12-22-16-5-3-4-6-17(16)26-13-18(22)23/h3-6,14-15H,7-13H2,1-2H3/t15-/m0/s1. The van der Waals surface area contributed by atoms with E-state index in [1.807, 2.05) is 12.1 Å². The smallest absolute Gasteiger partial charge is 0.308 e. The molecule has 7 nitrogen and oxygen atoms in total. The van der Waals surface area contributed by atoms with Crippen LogP contribution < -0.4 is 9.64 Å². The first-order valence-corrected chi connectivity index (χ1v) is 9.46. The number of rotatable bonds is 5. The molecule has 0 bridgehead atoms. The molecule has 0 radical (unpaired) electrons. The molecule has 146 valence electrons. The monoisotopic (exact) mass is 374 g/mol. The number of para-hydroxylation sites is 2. The fourth-order valence-electron chi connectivity index (χ4n) is 3.39. The van der Waals surface area contributed by atoms with Crippen LogP contribution in [0.5, 0.6) is 5.75 Å². The Morgan fingerprint density at radius 2 is 1.96 bits per heavy atom. The first-order valence-electron chi connectivity index (χ1n) is 9.46. The Kier molecular flexibility index (Phi) is 5.98. The molecule has 2 aliphatic rings. The van der Waals surface area contributed by atoms with Crippen LogP contribution in [0, 0.1) is 5.92 Å². The number of nitrogens with zero attached hydrogens (tertiary/aromatic N) is 2. The number of carbonyl (C=O) groups is 3. The van der Waals surface area contributed by atoms with E-state index in [4.69, 9.17) is 9.47 Å². The lowest BCUT2D eigenvalue weighted by Gasteiger charge is -2.32. The van der Waals surface area contributed by atoms with Crippen molar-refractivity contribution in [1.82, 2.24) is 4.90 Å². The maximum atomic E-state index is 12.4. The summed E-state index contributed by atoms with van der Waals surface area (Å²) in [5.41, 5.74) is 0.646. The summed E-state index contributed by atoms with van der Waals surface area (Å²) >= 11 is 0. The summed E-state index contributed by atoms with van der Waals surface area (Å²) in [5.74, 6) is 0.406. The molecule has 0 N–H and O–H groups in total. The van der Waals surface area contributed by atoms with Crippen LogP contribution in [0.25, 0.3) is 0 Å². The predicted molar refractivity (Wildman–Crippen MR) is 99.4 cm³/mol. The van der Waals surface area contributed by atoms with Crippen molar-refractivity contribution in [3.8, 4) is 5.75 Å². The molecule has 2 amide bonds. The second-order valence-corrected chi connectivity index (χ2v) is 7.19. The Labute approximate surface area is 159 Å². The van der Waals surface area contributed by atoms with Crippen molar-refractivity contribution in [2.45, 2.75) is 39.2 Å². The summed E-state index contributed by atoms with van der Waals surface area (Å²) in [4.78, 5) is 40.0. The molecule has 0 unspecified atom stereocenters. The number of fused-ring (bicyclic) bond motifs is 1. The molecule has 2 heterocycles. The number of carbonyl (C=O) groups excluding carboxylic acids is 3. The molecule has 7 heteroatoms. The van der Waals surface area contributed by atoms with Gasteiger partial charge in [-0.3, -0.25) is 14.4 Å². The van der Waals surface area contributed by atoms with Gasteiger partial charge >= 0.3 is 5.97 Å². The molecule has 1 aromatic carbocycles. The number of benzene rings is 1. The van der Waals surface area contributed by atoms with Gasteiger partial charge in [-0.1, -0.05) is 19.1 Å². The summed E-state index contributed by atoms with van der Waals surface area (Å²) in [5, 5.41) is 0. The highest BCUT2D eigenvalue weighted by Crippen LogP contribution is 2.31. The van der Waals surface area contributed by atoms with E-state index in [0.29, 0.717) is 30.4 Å². The second kappa shape index (κ2) is 8.41. The summed E-state index contributed by atoms with van der Waals surface area (Å²) in [6.07, 6.45) is 1.17. The third kappa shape index (κ3) is 4.59. The first-order chi connectivity index (χ1) is 13.0. The van der Waals surface area contributed by atoms with Crippen LogP contribution in [0.15, 0.2) is 24.3 Å². The first kappa shape index (κ1) is 19.2. The van der Waals surface area contributed by atoms with E-state index in [-0.39, 0.29) is 31.4 Å². The molecule has 27 heavy (non-hydrogen) atoms. The Balaban J connectivity index is 1.51. The predicted octanol–water partition coefficient (Wildman–Crippen LogP) is 1.99. The average molecular weight is 374 g/mol. The van der Waals surface area contributed by atoms with Crippen LogP contribution in [-0.2, 0) is 19.1 Å². The molecular weight excluding hydrogens is 348 g/mol. The lowest BCUT2D eigenvalue weighted by molar-refractivity contribution is -0.159. The lowest BCUT2D eigenvalue weighted by Crippen LogP contribution is -2.44. The summed E-state index contributed by atoms with van der Waals surface area (Å²) < 4.78 is 10.7. The summed E-state index contributed by atoms with van der Waals surface area (Å²) in [6, 6.07) is 7.20. The number of ether oxygens (including phenoxy) is 2. The average Bonchev–Trinajstić information content (AvgIpc) is 2.67. The van der Waals surface area contributed by atoms with Crippen molar-refractivity contribution in [3.63, 3.8) is 0 Å². The van der Waals surface area contributed by atoms with E-state index >= 15 is 0 Å². The number of esters is 1. The van der Waals surface area contributed by atoms with Crippen molar-refractivity contribution in [1.29, 1.82) is 0 Å². The fraction of sp³-hybridized carbons (Fsp3) is 0.550. The molecule has 1 atom stereocenters. The Hall–Kier alpha value is -2.57. The van der Waals surface area contributed by atoms with Gasteiger partial charge in [0.25, 0.3) is 11.8 Å². The van der Waals surface area contributed by atoms with Crippen molar-refractivity contribution >= 4 is 23.5 Å². The SMILES string of the molecule is CC1CCN(C(=O)[C@H](C)OC(=O)CCN2C(=O)COc3ccccc32)CC1. The molecule has 3 rings (SSSR count). The molecule has 2 aliphatic heterocycles. The minimum absolute atomic E-state index is 0.0225. The van der Waals surface area contributed by atoms with E-state index in [9.17, 15) is 14.4 Å². The quantitative estimate of drug-likeness (QED) is 0.737. The van der Waals surface area contributed by atoms with Gasteiger partial charge in [-0.2, -0.15) is 0 Å². The molecule has 1 aromatic rings. The molecule has 1 saturated heterocycles. The Morgan fingerprint density at radius 1 is 1.26 bits per heavy atom. The maximum absolute atomic E-state index is 12.4. The number of anilines is 1. The van der Waals surface area contributed by atoms with Gasteiger partial charge in [0, 0.05) is 19.6 Å². The summed E-state index contributed by atoms with van der Waals surface area (Å²) in [7, 11) is 0. The fourth-order valence-corrected chi connectivity index (χ4v) is 3.39. The van der Waals surface area contributed by atoms with Crippen molar-refractivity contribution in [2.75, 3.05) is 31.1 Å². The van der Waals surface area contributed by atoms with Gasteiger partial charge in [0.1, 0.15) is 5.75 Å². The zero-order chi connectivity index (χ0) is 19.4. The normalized spacial score (nSPS) is 18.5. The minimum Gasteiger partial charge on any atom is -0.482 e. The molecule has 0 aromatic heterocycles. The van der Waals surface area contributed by atoms with Crippen molar-refractivity contribution in [2.24, 2.45) is 5.92 Å². The Bertz CT molecular complexity index is 712. The molecule has 1 fully saturated rings. The Morgan fingerprint density at radius 3 is 2.70 bits per heavy atom. The van der Waals surface area contributed by atoms with Crippen LogP contribution in [0.1, 0.15) is 33.1 Å². The van der Waals surface area contributed by atoms with Crippen molar-refractivity contribution in [3.05, 3.63) is 24.3 Å². The highest BCUT2D eigenvalue weighted by molar-refractivity contribution is 5.98. The third-order valence-corrected chi connectivity index (χ3v) is 5.10. The zero-order valence-corrected chi connectivity index (χ0v) is 15.8. The van der Waals surface area contributed by atoms with Crippen molar-refractivity contribution < 1.29 is 23.9 Å². The second-order valence-electron chi connectivity index (χ2n) is 7.19. The van der Waals surface area contributed by atoms with Crippen LogP contribution in [-0.4, -0.2) is 55.0 Å². The van der Waals surface area contributed by atoms with Gasteiger partial charge < -0.3 is 19.3 Å².